The summed E-state index contributed by atoms with van der Waals surface area (Å²) in [5.74, 6) is 1.40. The molecule has 1 aliphatic heterocycles. The minimum absolute atomic E-state index is 0.00547. The van der Waals surface area contributed by atoms with Gasteiger partial charge < -0.3 is 19.4 Å². The van der Waals surface area contributed by atoms with Gasteiger partial charge >= 0.3 is 0 Å². The maximum Gasteiger partial charge on any atom is 0.227 e. The van der Waals surface area contributed by atoms with E-state index >= 15 is 0 Å². The van der Waals surface area contributed by atoms with Crippen LogP contribution in [0, 0.1) is 5.92 Å². The zero-order chi connectivity index (χ0) is 19.3. The summed E-state index contributed by atoms with van der Waals surface area (Å²) in [6.45, 7) is 1.61. The van der Waals surface area contributed by atoms with Crippen LogP contribution in [-0.4, -0.2) is 29.2 Å². The summed E-state index contributed by atoms with van der Waals surface area (Å²) in [4.78, 5) is 16.8. The Kier molecular flexibility index (Phi) is 5.28. The molecule has 28 heavy (non-hydrogen) atoms. The van der Waals surface area contributed by atoms with Crippen LogP contribution in [0.4, 0.5) is 0 Å². The fourth-order valence-corrected chi connectivity index (χ4v) is 3.45. The number of nitrogens with one attached hydrogen (secondary N) is 1. The van der Waals surface area contributed by atoms with Gasteiger partial charge in [0.05, 0.1) is 19.4 Å². The Morgan fingerprint density at radius 1 is 1.29 bits per heavy atom. The molecule has 3 aromatic rings. The van der Waals surface area contributed by atoms with E-state index in [4.69, 9.17) is 9.47 Å². The van der Waals surface area contributed by atoms with Crippen LogP contribution in [0.25, 0.3) is 0 Å². The number of amides is 1. The highest BCUT2D eigenvalue weighted by Crippen LogP contribution is 2.30. The maximum atomic E-state index is 12.7. The molecule has 0 saturated heterocycles. The molecule has 6 heteroatoms. The lowest BCUT2D eigenvalue weighted by molar-refractivity contribution is -0.126. The van der Waals surface area contributed by atoms with Crippen molar-refractivity contribution in [1.82, 2.24) is 14.9 Å². The molecule has 2 aromatic carbocycles. The lowest BCUT2D eigenvalue weighted by Gasteiger charge is -2.25. The summed E-state index contributed by atoms with van der Waals surface area (Å²) in [5, 5.41) is 3.07. The van der Waals surface area contributed by atoms with E-state index < -0.39 is 0 Å². The fraction of sp³-hybridized carbons (Fsp3) is 0.273. The quantitative estimate of drug-likeness (QED) is 0.717. The summed E-state index contributed by atoms with van der Waals surface area (Å²) < 4.78 is 13.1. The molecule has 1 amide bonds. The number of rotatable bonds is 6. The molecule has 0 bridgehead atoms. The first kappa shape index (κ1) is 18.1. The highest BCUT2D eigenvalue weighted by Gasteiger charge is 2.26. The number of carbonyl (C=O) groups is 1. The van der Waals surface area contributed by atoms with Crippen LogP contribution < -0.4 is 14.8 Å². The lowest BCUT2D eigenvalue weighted by atomic mass is 9.95. The van der Waals surface area contributed by atoms with Crippen molar-refractivity contribution in [3.05, 3.63) is 77.9 Å². The lowest BCUT2D eigenvalue weighted by Crippen LogP contribution is -2.37. The average Bonchev–Trinajstić information content (AvgIpc) is 3.25. The van der Waals surface area contributed by atoms with Gasteiger partial charge in [0, 0.05) is 25.5 Å². The standard InChI is InChI=1S/C22H23N3O3/c1-27-20-6-7-21-18(11-20)10-19(14-28-21)22(26)24-12-16-4-2-3-5-17(16)13-25-9-8-23-15-25/h2-9,11,15,19H,10,12-14H2,1H3,(H,24,26). The SMILES string of the molecule is COc1ccc2c(c1)CC(C(=O)NCc1ccccc1Cn1ccnc1)CO2. The Hall–Kier alpha value is -3.28. The Bertz CT molecular complexity index is 953. The van der Waals surface area contributed by atoms with E-state index in [9.17, 15) is 4.79 Å². The average molecular weight is 377 g/mol. The van der Waals surface area contributed by atoms with Crippen LogP contribution in [-0.2, 0) is 24.3 Å². The maximum absolute atomic E-state index is 12.7. The van der Waals surface area contributed by atoms with Gasteiger partial charge in [0.1, 0.15) is 18.1 Å². The van der Waals surface area contributed by atoms with Gasteiger partial charge in [0.25, 0.3) is 0 Å². The van der Waals surface area contributed by atoms with Gasteiger partial charge in [-0.2, -0.15) is 0 Å². The van der Waals surface area contributed by atoms with Gasteiger partial charge in [-0.3, -0.25) is 4.79 Å². The Labute approximate surface area is 164 Å². The van der Waals surface area contributed by atoms with Gasteiger partial charge in [-0.05, 0) is 41.3 Å². The monoisotopic (exact) mass is 377 g/mol. The molecule has 6 nitrogen and oxygen atoms in total. The van der Waals surface area contributed by atoms with Crippen molar-refractivity contribution in [1.29, 1.82) is 0 Å². The molecule has 0 saturated carbocycles. The second-order valence-electron chi connectivity index (χ2n) is 6.91. The molecular formula is C22H23N3O3. The molecule has 1 atom stereocenters. The normalized spacial score (nSPS) is 15.4. The molecule has 0 fully saturated rings. The fourth-order valence-electron chi connectivity index (χ4n) is 3.45. The molecule has 144 valence electrons. The van der Waals surface area contributed by atoms with Crippen molar-refractivity contribution in [2.45, 2.75) is 19.5 Å². The van der Waals surface area contributed by atoms with E-state index in [2.05, 4.69) is 16.4 Å². The van der Waals surface area contributed by atoms with Gasteiger partial charge in [-0.1, -0.05) is 24.3 Å². The van der Waals surface area contributed by atoms with E-state index in [0.717, 1.165) is 34.7 Å². The number of hydrogen-bond acceptors (Lipinski definition) is 4. The number of benzene rings is 2. The third-order valence-corrected chi connectivity index (χ3v) is 5.03. The van der Waals surface area contributed by atoms with E-state index in [0.29, 0.717) is 19.6 Å². The van der Waals surface area contributed by atoms with Crippen LogP contribution in [0.15, 0.2) is 61.2 Å². The van der Waals surface area contributed by atoms with Crippen molar-refractivity contribution < 1.29 is 14.3 Å². The molecule has 1 unspecified atom stereocenters. The largest absolute Gasteiger partial charge is 0.497 e. The number of hydrogen-bond donors (Lipinski definition) is 1. The van der Waals surface area contributed by atoms with Crippen LogP contribution >= 0.6 is 0 Å². The van der Waals surface area contributed by atoms with Crippen molar-refractivity contribution in [3.63, 3.8) is 0 Å². The predicted molar refractivity (Wildman–Crippen MR) is 105 cm³/mol. The minimum Gasteiger partial charge on any atom is -0.497 e. The third-order valence-electron chi connectivity index (χ3n) is 5.03. The van der Waals surface area contributed by atoms with Crippen LogP contribution in [0.3, 0.4) is 0 Å². The second-order valence-corrected chi connectivity index (χ2v) is 6.91. The zero-order valence-corrected chi connectivity index (χ0v) is 15.8. The van der Waals surface area contributed by atoms with Crippen molar-refractivity contribution in [2.75, 3.05) is 13.7 Å². The van der Waals surface area contributed by atoms with Crippen molar-refractivity contribution in [2.24, 2.45) is 5.92 Å². The molecule has 0 aliphatic carbocycles. The number of nitrogens with zero attached hydrogens (tertiary/aromatic N) is 2. The molecule has 0 spiro atoms. The van der Waals surface area contributed by atoms with E-state index in [1.165, 1.54) is 0 Å². The summed E-state index contributed by atoms with van der Waals surface area (Å²) in [6, 6.07) is 13.8. The molecule has 1 aliphatic rings. The van der Waals surface area contributed by atoms with Gasteiger partial charge in [-0.25, -0.2) is 4.98 Å². The minimum atomic E-state index is -0.208. The second kappa shape index (κ2) is 8.17. The highest BCUT2D eigenvalue weighted by molar-refractivity contribution is 5.79. The van der Waals surface area contributed by atoms with Gasteiger partial charge in [0.15, 0.2) is 0 Å². The number of aromatic nitrogens is 2. The molecule has 2 heterocycles. The van der Waals surface area contributed by atoms with Crippen LogP contribution in [0.5, 0.6) is 11.5 Å². The number of carbonyl (C=O) groups excluding carboxylic acids is 1. The topological polar surface area (TPSA) is 65.4 Å². The number of fused-ring (bicyclic) bond motifs is 1. The molecular weight excluding hydrogens is 354 g/mol. The summed E-state index contributed by atoms with van der Waals surface area (Å²) in [6.07, 6.45) is 6.14. The van der Waals surface area contributed by atoms with Gasteiger partial charge in [0.2, 0.25) is 5.91 Å². The van der Waals surface area contributed by atoms with Crippen LogP contribution in [0.2, 0.25) is 0 Å². The third kappa shape index (κ3) is 4.01. The molecule has 4 rings (SSSR count). The van der Waals surface area contributed by atoms with Crippen molar-refractivity contribution in [3.8, 4) is 11.5 Å². The van der Waals surface area contributed by atoms with E-state index in [-0.39, 0.29) is 11.8 Å². The first-order valence-electron chi connectivity index (χ1n) is 9.33. The van der Waals surface area contributed by atoms with Gasteiger partial charge in [-0.15, -0.1) is 0 Å². The highest BCUT2D eigenvalue weighted by atomic mass is 16.5. The summed E-state index contributed by atoms with van der Waals surface area (Å²) in [7, 11) is 1.64. The Morgan fingerprint density at radius 3 is 2.93 bits per heavy atom. The molecule has 1 aromatic heterocycles. The zero-order valence-electron chi connectivity index (χ0n) is 15.8. The number of imidazole rings is 1. The smallest absolute Gasteiger partial charge is 0.227 e. The first-order chi connectivity index (χ1) is 13.7. The van der Waals surface area contributed by atoms with Crippen LogP contribution in [0.1, 0.15) is 16.7 Å². The number of methoxy groups -OCH3 is 1. The molecule has 1 N–H and O–H groups in total. The predicted octanol–water partition coefficient (Wildman–Crippen LogP) is 2.81. The van der Waals surface area contributed by atoms with E-state index in [1.54, 1.807) is 19.6 Å². The summed E-state index contributed by atoms with van der Waals surface area (Å²) >= 11 is 0. The van der Waals surface area contributed by atoms with E-state index in [1.807, 2.05) is 47.2 Å². The molecule has 0 radical (unpaired) electrons. The van der Waals surface area contributed by atoms with Crippen molar-refractivity contribution >= 4 is 5.91 Å². The number of ether oxygens (including phenoxy) is 2. The Balaban J connectivity index is 1.40. The summed E-state index contributed by atoms with van der Waals surface area (Å²) in [5.41, 5.74) is 3.27. The first-order valence-corrected chi connectivity index (χ1v) is 9.33. The Morgan fingerprint density at radius 2 is 2.14 bits per heavy atom.